The van der Waals surface area contributed by atoms with Crippen molar-refractivity contribution in [2.24, 2.45) is 0 Å². The Kier molecular flexibility index (Phi) is 5.79. The lowest BCUT2D eigenvalue weighted by Crippen LogP contribution is -2.68. The SMILES string of the molecule is COc1cc(C=CC23NC(=O)CCN2c2ccccc2C3(C)C)ccc1OCc1ccc(C)cc1. The van der Waals surface area contributed by atoms with E-state index in [0.717, 1.165) is 11.1 Å². The summed E-state index contributed by atoms with van der Waals surface area (Å²) in [6.45, 7) is 7.63. The maximum atomic E-state index is 12.6. The molecule has 1 amide bonds. The summed E-state index contributed by atoms with van der Waals surface area (Å²) in [4.78, 5) is 14.9. The van der Waals surface area contributed by atoms with Crippen LogP contribution < -0.4 is 19.7 Å². The molecule has 0 aromatic heterocycles. The van der Waals surface area contributed by atoms with Gasteiger partial charge in [-0.05, 0) is 47.9 Å². The third-order valence-corrected chi connectivity index (χ3v) is 7.36. The van der Waals surface area contributed by atoms with Gasteiger partial charge in [0.1, 0.15) is 12.3 Å². The molecule has 0 spiro atoms. The van der Waals surface area contributed by atoms with Gasteiger partial charge < -0.3 is 19.7 Å². The number of ether oxygens (including phenoxy) is 2. The van der Waals surface area contributed by atoms with E-state index < -0.39 is 5.66 Å². The second kappa shape index (κ2) is 8.81. The molecule has 5 nitrogen and oxygen atoms in total. The fraction of sp³-hybridized carbons (Fsp3) is 0.300. The highest BCUT2D eigenvalue weighted by atomic mass is 16.5. The Bertz CT molecular complexity index is 1280. The Morgan fingerprint density at radius 3 is 2.57 bits per heavy atom. The van der Waals surface area contributed by atoms with Gasteiger partial charge in [-0.15, -0.1) is 0 Å². The molecule has 35 heavy (non-hydrogen) atoms. The van der Waals surface area contributed by atoms with Crippen molar-refractivity contribution in [3.8, 4) is 11.5 Å². The summed E-state index contributed by atoms with van der Waals surface area (Å²) >= 11 is 0. The predicted octanol–water partition coefficient (Wildman–Crippen LogP) is 5.61. The van der Waals surface area contributed by atoms with Crippen molar-refractivity contribution in [3.05, 3.63) is 95.1 Å². The molecule has 1 unspecified atom stereocenters. The van der Waals surface area contributed by atoms with Gasteiger partial charge in [0.15, 0.2) is 11.5 Å². The summed E-state index contributed by atoms with van der Waals surface area (Å²) in [7, 11) is 1.65. The van der Waals surface area contributed by atoms with E-state index in [4.69, 9.17) is 9.47 Å². The fourth-order valence-corrected chi connectivity index (χ4v) is 5.29. The van der Waals surface area contributed by atoms with E-state index in [-0.39, 0.29) is 11.3 Å². The lowest BCUT2D eigenvalue weighted by atomic mass is 9.74. The number of carbonyl (C=O) groups excluding carboxylic acids is 1. The minimum atomic E-state index is -0.639. The van der Waals surface area contributed by atoms with Crippen LogP contribution in [0.25, 0.3) is 6.08 Å². The van der Waals surface area contributed by atoms with E-state index in [1.807, 2.05) is 18.2 Å². The first kappa shape index (κ1) is 23.0. The normalized spacial score (nSPS) is 20.3. The maximum Gasteiger partial charge on any atom is 0.223 e. The molecule has 2 aliphatic heterocycles. The molecule has 0 radical (unpaired) electrons. The molecule has 2 heterocycles. The van der Waals surface area contributed by atoms with Crippen LogP contribution in [-0.2, 0) is 16.8 Å². The smallest absolute Gasteiger partial charge is 0.223 e. The quantitative estimate of drug-likeness (QED) is 0.511. The second-order valence-electron chi connectivity index (χ2n) is 9.88. The molecule has 3 aromatic rings. The third-order valence-electron chi connectivity index (χ3n) is 7.36. The summed E-state index contributed by atoms with van der Waals surface area (Å²) in [6.07, 6.45) is 4.69. The molecule has 180 valence electrons. The van der Waals surface area contributed by atoms with Gasteiger partial charge in [0.05, 0.1) is 7.11 Å². The van der Waals surface area contributed by atoms with Crippen LogP contribution in [-0.4, -0.2) is 25.2 Å². The number of amides is 1. The van der Waals surface area contributed by atoms with Crippen LogP contribution >= 0.6 is 0 Å². The van der Waals surface area contributed by atoms with E-state index in [2.05, 4.69) is 91.7 Å². The topological polar surface area (TPSA) is 50.8 Å². The van der Waals surface area contributed by atoms with Crippen LogP contribution in [0.1, 0.15) is 42.5 Å². The Morgan fingerprint density at radius 2 is 1.80 bits per heavy atom. The van der Waals surface area contributed by atoms with Gasteiger partial charge in [-0.3, -0.25) is 4.79 Å². The van der Waals surface area contributed by atoms with Crippen LogP contribution in [0.15, 0.2) is 72.8 Å². The number of fused-ring (bicyclic) bond motifs is 3. The van der Waals surface area contributed by atoms with Crippen LogP contribution in [0.5, 0.6) is 11.5 Å². The van der Waals surface area contributed by atoms with Crippen LogP contribution in [0.4, 0.5) is 5.69 Å². The number of methoxy groups -OCH3 is 1. The van der Waals surface area contributed by atoms with Crippen molar-refractivity contribution in [1.82, 2.24) is 5.32 Å². The monoisotopic (exact) mass is 468 g/mol. The van der Waals surface area contributed by atoms with E-state index in [9.17, 15) is 4.79 Å². The molecular weight excluding hydrogens is 436 g/mol. The van der Waals surface area contributed by atoms with Gasteiger partial charge in [-0.1, -0.05) is 74.0 Å². The first-order valence-corrected chi connectivity index (χ1v) is 12.1. The number of rotatable bonds is 6. The van der Waals surface area contributed by atoms with Crippen LogP contribution in [0, 0.1) is 6.92 Å². The summed E-state index contributed by atoms with van der Waals surface area (Å²) in [5.74, 6) is 1.45. The zero-order chi connectivity index (χ0) is 24.6. The standard InChI is InChI=1S/C30H32N2O3/c1-21-9-11-23(12-10-21)20-35-26-14-13-22(19-27(26)34-4)15-17-30-29(2,3)24-7-5-6-8-25(24)32(30)18-16-28(33)31-30/h5-15,17,19H,16,18,20H2,1-4H3,(H,31,33). The Hall–Kier alpha value is -3.73. The maximum absolute atomic E-state index is 12.6. The van der Waals surface area contributed by atoms with Gasteiger partial charge >= 0.3 is 0 Å². The Morgan fingerprint density at radius 1 is 1.03 bits per heavy atom. The van der Waals surface area contributed by atoms with Crippen molar-refractivity contribution in [2.45, 2.75) is 44.9 Å². The highest BCUT2D eigenvalue weighted by molar-refractivity contribution is 5.84. The number of carbonyl (C=O) groups is 1. The van der Waals surface area contributed by atoms with Crippen molar-refractivity contribution in [1.29, 1.82) is 0 Å². The molecule has 1 fully saturated rings. The van der Waals surface area contributed by atoms with Crippen molar-refractivity contribution >= 4 is 17.7 Å². The van der Waals surface area contributed by atoms with Gasteiger partial charge in [-0.25, -0.2) is 0 Å². The highest BCUT2D eigenvalue weighted by Gasteiger charge is 2.57. The largest absolute Gasteiger partial charge is 0.493 e. The zero-order valence-corrected chi connectivity index (χ0v) is 20.8. The number of para-hydroxylation sites is 1. The summed E-state index contributed by atoms with van der Waals surface area (Å²) in [5, 5.41) is 3.33. The molecule has 0 aliphatic carbocycles. The first-order chi connectivity index (χ1) is 16.8. The van der Waals surface area contributed by atoms with Gasteiger partial charge in [-0.2, -0.15) is 0 Å². The van der Waals surface area contributed by atoms with Crippen LogP contribution in [0.3, 0.4) is 0 Å². The van der Waals surface area contributed by atoms with E-state index >= 15 is 0 Å². The van der Waals surface area contributed by atoms with Crippen molar-refractivity contribution < 1.29 is 14.3 Å². The van der Waals surface area contributed by atoms with Crippen molar-refractivity contribution in [3.63, 3.8) is 0 Å². The zero-order valence-electron chi connectivity index (χ0n) is 20.8. The molecule has 5 rings (SSSR count). The molecular formula is C30H32N2O3. The summed E-state index contributed by atoms with van der Waals surface area (Å²) < 4.78 is 11.7. The van der Waals surface area contributed by atoms with Crippen molar-refractivity contribution in [2.75, 3.05) is 18.6 Å². The molecule has 1 N–H and O–H groups in total. The van der Waals surface area contributed by atoms with E-state index in [0.29, 0.717) is 31.1 Å². The number of aryl methyl sites for hydroxylation is 1. The number of hydrogen-bond acceptors (Lipinski definition) is 4. The van der Waals surface area contributed by atoms with Crippen LogP contribution in [0.2, 0.25) is 0 Å². The molecule has 0 saturated carbocycles. The minimum Gasteiger partial charge on any atom is -0.493 e. The number of nitrogens with one attached hydrogen (secondary N) is 1. The molecule has 2 aliphatic rings. The van der Waals surface area contributed by atoms with Gasteiger partial charge in [0, 0.05) is 24.1 Å². The fourth-order valence-electron chi connectivity index (χ4n) is 5.29. The average Bonchev–Trinajstić information content (AvgIpc) is 3.06. The van der Waals surface area contributed by atoms with Gasteiger partial charge in [0.25, 0.3) is 0 Å². The van der Waals surface area contributed by atoms with Gasteiger partial charge in [0.2, 0.25) is 5.91 Å². The predicted molar refractivity (Wildman–Crippen MR) is 140 cm³/mol. The number of benzene rings is 3. The minimum absolute atomic E-state index is 0.0733. The molecule has 0 bridgehead atoms. The first-order valence-electron chi connectivity index (χ1n) is 12.1. The van der Waals surface area contributed by atoms with E-state index in [1.165, 1.54) is 16.8 Å². The molecule has 5 heteroatoms. The van der Waals surface area contributed by atoms with E-state index in [1.54, 1.807) is 7.11 Å². The molecule has 3 aromatic carbocycles. The highest BCUT2D eigenvalue weighted by Crippen LogP contribution is 2.52. The number of anilines is 1. The average molecular weight is 469 g/mol. The number of nitrogens with zero attached hydrogens (tertiary/aromatic N) is 1. The third kappa shape index (κ3) is 3.95. The second-order valence-corrected chi connectivity index (χ2v) is 9.88. The lowest BCUT2D eigenvalue weighted by Gasteiger charge is -2.49. The molecule has 1 atom stereocenters. The Balaban J connectivity index is 1.43. The summed E-state index contributed by atoms with van der Waals surface area (Å²) in [5.41, 5.74) is 4.78. The molecule has 1 saturated heterocycles. The Labute approximate surface area is 207 Å². The lowest BCUT2D eigenvalue weighted by molar-refractivity contribution is -0.124. The summed E-state index contributed by atoms with van der Waals surface area (Å²) in [6, 6.07) is 22.7. The number of hydrogen-bond donors (Lipinski definition) is 1.